The Hall–Kier alpha value is -3.01. The number of aromatic nitrogens is 5. The third kappa shape index (κ3) is 5.42. The standard InChI is InChI=1S/C22H19ClN6OS2/c1-2-12-29-19(16-8-10-17(23)11-9-16)26-28-22(29)31-14-18-25-27-21(32-18)20(30)24-13-15-6-4-3-5-7-15/h2-11H,1,12-14H2,(H,24,30). The number of nitrogens with zero attached hydrogens (tertiary/aromatic N) is 5. The molecule has 0 unspecified atom stereocenters. The molecule has 32 heavy (non-hydrogen) atoms. The fourth-order valence-electron chi connectivity index (χ4n) is 2.89. The van der Waals surface area contributed by atoms with Gasteiger partial charge in [0.2, 0.25) is 5.01 Å². The van der Waals surface area contributed by atoms with Crippen LogP contribution in [0.5, 0.6) is 0 Å². The molecule has 1 amide bonds. The third-order valence-corrected chi connectivity index (χ3v) is 6.75. The van der Waals surface area contributed by atoms with E-state index in [1.807, 2.05) is 59.2 Å². The molecule has 7 nitrogen and oxygen atoms in total. The largest absolute Gasteiger partial charge is 0.346 e. The first kappa shape index (κ1) is 22.2. The molecule has 4 rings (SSSR count). The topological polar surface area (TPSA) is 85.6 Å². The number of carbonyl (C=O) groups is 1. The van der Waals surface area contributed by atoms with Crippen molar-refractivity contribution in [3.8, 4) is 11.4 Å². The van der Waals surface area contributed by atoms with Gasteiger partial charge in [-0.25, -0.2) is 0 Å². The summed E-state index contributed by atoms with van der Waals surface area (Å²) in [4.78, 5) is 12.4. The zero-order valence-corrected chi connectivity index (χ0v) is 19.3. The highest BCUT2D eigenvalue weighted by Gasteiger charge is 2.16. The molecule has 2 aromatic carbocycles. The summed E-state index contributed by atoms with van der Waals surface area (Å²) in [6.45, 7) is 4.85. The van der Waals surface area contributed by atoms with Gasteiger partial charge in [-0.15, -0.1) is 27.0 Å². The highest BCUT2D eigenvalue weighted by molar-refractivity contribution is 7.98. The molecule has 0 aliphatic heterocycles. The van der Waals surface area contributed by atoms with Crippen molar-refractivity contribution in [2.75, 3.05) is 0 Å². The Morgan fingerprint density at radius 3 is 2.62 bits per heavy atom. The summed E-state index contributed by atoms with van der Waals surface area (Å²) < 4.78 is 1.98. The molecule has 10 heteroatoms. The van der Waals surface area contributed by atoms with E-state index in [9.17, 15) is 4.79 Å². The molecule has 0 fully saturated rings. The Balaban J connectivity index is 1.40. The number of allylic oxidation sites excluding steroid dienone is 1. The predicted molar refractivity (Wildman–Crippen MR) is 128 cm³/mol. The van der Waals surface area contributed by atoms with Gasteiger partial charge in [0.05, 0.1) is 5.75 Å². The van der Waals surface area contributed by atoms with Crippen LogP contribution in [0.1, 0.15) is 20.4 Å². The van der Waals surface area contributed by atoms with Crippen LogP contribution in [0.3, 0.4) is 0 Å². The second-order valence-electron chi connectivity index (χ2n) is 6.67. The third-order valence-electron chi connectivity index (χ3n) is 4.41. The Morgan fingerprint density at radius 1 is 1.09 bits per heavy atom. The SMILES string of the molecule is C=CCn1c(SCc2nnc(C(=O)NCc3ccccc3)s2)nnc1-c1ccc(Cl)cc1. The Bertz CT molecular complexity index is 1210. The summed E-state index contributed by atoms with van der Waals surface area (Å²) >= 11 is 8.75. The van der Waals surface area contributed by atoms with Gasteiger partial charge in [0.15, 0.2) is 11.0 Å². The first-order valence-electron chi connectivity index (χ1n) is 9.71. The molecule has 0 aliphatic carbocycles. The summed E-state index contributed by atoms with van der Waals surface area (Å²) in [5.41, 5.74) is 1.95. The van der Waals surface area contributed by atoms with Gasteiger partial charge in [-0.05, 0) is 29.8 Å². The van der Waals surface area contributed by atoms with Crippen molar-refractivity contribution >= 4 is 40.6 Å². The highest BCUT2D eigenvalue weighted by atomic mass is 35.5. The van der Waals surface area contributed by atoms with Crippen LogP contribution in [0.15, 0.2) is 72.4 Å². The molecule has 4 aromatic rings. The maximum atomic E-state index is 12.4. The number of benzene rings is 2. The fourth-order valence-corrected chi connectivity index (χ4v) is 4.70. The van der Waals surface area contributed by atoms with Gasteiger partial charge in [0.1, 0.15) is 5.01 Å². The molecule has 0 bridgehead atoms. The van der Waals surface area contributed by atoms with Gasteiger partial charge in [0.25, 0.3) is 5.91 Å². The van der Waals surface area contributed by atoms with Gasteiger partial charge in [-0.2, -0.15) is 0 Å². The van der Waals surface area contributed by atoms with Crippen LogP contribution in [0.25, 0.3) is 11.4 Å². The van der Waals surface area contributed by atoms with Gasteiger partial charge in [0, 0.05) is 23.7 Å². The number of rotatable bonds is 9. The normalized spacial score (nSPS) is 10.8. The van der Waals surface area contributed by atoms with Crippen LogP contribution in [0.4, 0.5) is 0 Å². The van der Waals surface area contributed by atoms with E-state index in [2.05, 4.69) is 32.3 Å². The van der Waals surface area contributed by atoms with E-state index in [0.717, 1.165) is 27.1 Å². The second kappa shape index (κ2) is 10.5. The zero-order valence-electron chi connectivity index (χ0n) is 16.9. The van der Waals surface area contributed by atoms with E-state index in [1.54, 1.807) is 6.08 Å². The second-order valence-corrected chi connectivity index (χ2v) is 9.11. The molecule has 1 N–H and O–H groups in total. The van der Waals surface area contributed by atoms with E-state index in [4.69, 9.17) is 11.6 Å². The van der Waals surface area contributed by atoms with Gasteiger partial charge >= 0.3 is 0 Å². The Morgan fingerprint density at radius 2 is 1.88 bits per heavy atom. The number of hydrogen-bond donors (Lipinski definition) is 1. The lowest BCUT2D eigenvalue weighted by molar-refractivity contribution is 0.0950. The van der Waals surface area contributed by atoms with Crippen LogP contribution < -0.4 is 5.32 Å². The molecule has 0 aliphatic rings. The molecule has 2 heterocycles. The maximum Gasteiger partial charge on any atom is 0.282 e. The van der Waals surface area contributed by atoms with Crippen LogP contribution >= 0.6 is 34.7 Å². The summed E-state index contributed by atoms with van der Waals surface area (Å²) in [6.07, 6.45) is 1.80. The average molecular weight is 483 g/mol. The predicted octanol–water partition coefficient (Wildman–Crippen LogP) is 4.86. The first-order chi connectivity index (χ1) is 15.6. The molecule has 0 saturated heterocycles. The lowest BCUT2D eigenvalue weighted by atomic mass is 10.2. The molecule has 0 saturated carbocycles. The number of nitrogens with one attached hydrogen (secondary N) is 1. The minimum atomic E-state index is -0.234. The van der Waals surface area contributed by atoms with Crippen molar-refractivity contribution in [1.82, 2.24) is 30.3 Å². The van der Waals surface area contributed by atoms with E-state index in [0.29, 0.717) is 28.9 Å². The summed E-state index contributed by atoms with van der Waals surface area (Å²) in [5.74, 6) is 1.03. The molecule has 0 radical (unpaired) electrons. The van der Waals surface area contributed by atoms with E-state index < -0.39 is 0 Å². The zero-order chi connectivity index (χ0) is 22.3. The minimum Gasteiger partial charge on any atom is -0.346 e. The van der Waals surface area contributed by atoms with Crippen molar-refractivity contribution in [2.24, 2.45) is 0 Å². The number of hydrogen-bond acceptors (Lipinski definition) is 7. The van der Waals surface area contributed by atoms with Crippen LogP contribution in [0, 0.1) is 0 Å². The number of halogens is 1. The van der Waals surface area contributed by atoms with Crippen LogP contribution in [0.2, 0.25) is 5.02 Å². The smallest absolute Gasteiger partial charge is 0.282 e. The fraction of sp³-hybridized carbons (Fsp3) is 0.136. The van der Waals surface area contributed by atoms with E-state index in [1.165, 1.54) is 23.1 Å². The van der Waals surface area contributed by atoms with E-state index in [-0.39, 0.29) is 5.91 Å². The summed E-state index contributed by atoms with van der Waals surface area (Å²) in [6, 6.07) is 17.2. The van der Waals surface area contributed by atoms with Crippen molar-refractivity contribution < 1.29 is 4.79 Å². The summed E-state index contributed by atoms with van der Waals surface area (Å²) in [7, 11) is 0. The molecule has 162 valence electrons. The van der Waals surface area contributed by atoms with Crippen molar-refractivity contribution in [3.63, 3.8) is 0 Å². The van der Waals surface area contributed by atoms with Crippen LogP contribution in [-0.2, 0) is 18.8 Å². The molecule has 0 spiro atoms. The van der Waals surface area contributed by atoms with Crippen LogP contribution in [-0.4, -0.2) is 30.9 Å². The lowest BCUT2D eigenvalue weighted by Gasteiger charge is -2.07. The summed E-state index contributed by atoms with van der Waals surface area (Å²) in [5, 5.41) is 22.2. The molecule has 2 aromatic heterocycles. The Labute approximate surface area is 198 Å². The van der Waals surface area contributed by atoms with Gasteiger partial charge in [-0.3, -0.25) is 9.36 Å². The number of carbonyl (C=O) groups excluding carboxylic acids is 1. The number of thioether (sulfide) groups is 1. The maximum absolute atomic E-state index is 12.4. The average Bonchev–Trinajstić information content (AvgIpc) is 3.45. The Kier molecular flexibility index (Phi) is 7.31. The van der Waals surface area contributed by atoms with Gasteiger partial charge in [-0.1, -0.05) is 71.1 Å². The minimum absolute atomic E-state index is 0.234. The quantitative estimate of drug-likeness (QED) is 0.271. The highest BCUT2D eigenvalue weighted by Crippen LogP contribution is 2.28. The van der Waals surface area contributed by atoms with Crippen molar-refractivity contribution in [3.05, 3.63) is 87.9 Å². The van der Waals surface area contributed by atoms with E-state index >= 15 is 0 Å². The molecular weight excluding hydrogens is 464 g/mol. The molecule has 0 atom stereocenters. The number of amides is 1. The van der Waals surface area contributed by atoms with Gasteiger partial charge < -0.3 is 5.32 Å². The lowest BCUT2D eigenvalue weighted by Crippen LogP contribution is -2.22. The van der Waals surface area contributed by atoms with Crippen molar-refractivity contribution in [2.45, 2.75) is 24.0 Å². The monoisotopic (exact) mass is 482 g/mol. The van der Waals surface area contributed by atoms with Crippen molar-refractivity contribution in [1.29, 1.82) is 0 Å². The molecular formula is C22H19ClN6OS2. The first-order valence-corrected chi connectivity index (χ1v) is 11.9.